The minimum absolute atomic E-state index is 0.0714. The Hall–Kier alpha value is -1.51. The first-order valence-electron chi connectivity index (χ1n) is 6.25. The molecule has 0 heterocycles. The maximum Gasteiger partial charge on any atom is 0.227 e. The number of para-hydroxylation sites is 2. The summed E-state index contributed by atoms with van der Waals surface area (Å²) >= 11 is 0. The quantitative estimate of drug-likeness (QED) is 0.820. The Kier molecular flexibility index (Phi) is 5.53. The van der Waals surface area contributed by atoms with Crippen molar-refractivity contribution in [2.24, 2.45) is 5.92 Å². The van der Waals surface area contributed by atoms with Crippen LogP contribution in [0.15, 0.2) is 24.3 Å². The zero-order valence-electron chi connectivity index (χ0n) is 10.8. The molecule has 0 saturated carbocycles. The molecule has 0 bridgehead atoms. The van der Waals surface area contributed by atoms with Gasteiger partial charge < -0.3 is 10.1 Å². The molecule has 1 N–H and O–H groups in total. The Morgan fingerprint density at radius 2 is 1.88 bits per heavy atom. The minimum atomic E-state index is 0.0714. The molecule has 1 amide bonds. The van der Waals surface area contributed by atoms with Crippen LogP contribution < -0.4 is 10.1 Å². The van der Waals surface area contributed by atoms with E-state index in [4.69, 9.17) is 4.74 Å². The third-order valence-electron chi connectivity index (χ3n) is 2.80. The molecular formula is C14H21NO2. The molecule has 0 atom stereocenters. The third-order valence-corrected chi connectivity index (χ3v) is 2.80. The van der Waals surface area contributed by atoms with Gasteiger partial charge >= 0.3 is 0 Å². The first kappa shape index (κ1) is 13.6. The van der Waals surface area contributed by atoms with Gasteiger partial charge in [-0.25, -0.2) is 0 Å². The van der Waals surface area contributed by atoms with Crippen LogP contribution in [0.1, 0.15) is 33.6 Å². The molecule has 94 valence electrons. The van der Waals surface area contributed by atoms with Crippen molar-refractivity contribution < 1.29 is 9.53 Å². The van der Waals surface area contributed by atoms with E-state index in [2.05, 4.69) is 5.32 Å². The Morgan fingerprint density at radius 3 is 2.47 bits per heavy atom. The van der Waals surface area contributed by atoms with Gasteiger partial charge in [-0.2, -0.15) is 0 Å². The predicted molar refractivity (Wildman–Crippen MR) is 70.3 cm³/mol. The van der Waals surface area contributed by atoms with Crippen LogP contribution in [0.2, 0.25) is 0 Å². The van der Waals surface area contributed by atoms with Crippen LogP contribution in [-0.4, -0.2) is 12.5 Å². The van der Waals surface area contributed by atoms with Crippen molar-refractivity contribution in [1.29, 1.82) is 0 Å². The van der Waals surface area contributed by atoms with Gasteiger partial charge in [-0.1, -0.05) is 26.0 Å². The van der Waals surface area contributed by atoms with Crippen molar-refractivity contribution in [3.63, 3.8) is 0 Å². The zero-order valence-corrected chi connectivity index (χ0v) is 10.8. The Morgan fingerprint density at radius 1 is 1.24 bits per heavy atom. The number of amides is 1. The Balaban J connectivity index is 2.76. The van der Waals surface area contributed by atoms with E-state index < -0.39 is 0 Å². The van der Waals surface area contributed by atoms with E-state index in [0.29, 0.717) is 6.61 Å². The van der Waals surface area contributed by atoms with Crippen molar-refractivity contribution in [2.45, 2.75) is 33.6 Å². The molecule has 1 rings (SSSR count). The highest BCUT2D eigenvalue weighted by molar-refractivity contribution is 5.93. The summed E-state index contributed by atoms with van der Waals surface area (Å²) < 4.78 is 5.47. The Bertz CT molecular complexity index is 359. The molecule has 0 unspecified atom stereocenters. The van der Waals surface area contributed by atoms with E-state index in [9.17, 15) is 4.79 Å². The summed E-state index contributed by atoms with van der Waals surface area (Å²) in [7, 11) is 0. The Labute approximate surface area is 103 Å². The van der Waals surface area contributed by atoms with E-state index in [1.807, 2.05) is 45.0 Å². The molecule has 1 aromatic rings. The average Bonchev–Trinajstić information content (AvgIpc) is 2.33. The van der Waals surface area contributed by atoms with Crippen LogP contribution in [0.25, 0.3) is 0 Å². The van der Waals surface area contributed by atoms with Crippen molar-refractivity contribution in [3.05, 3.63) is 24.3 Å². The molecule has 3 heteroatoms. The zero-order chi connectivity index (χ0) is 12.7. The number of hydrogen-bond acceptors (Lipinski definition) is 2. The number of hydrogen-bond donors (Lipinski definition) is 1. The van der Waals surface area contributed by atoms with Crippen molar-refractivity contribution in [1.82, 2.24) is 0 Å². The second-order valence-electron chi connectivity index (χ2n) is 3.93. The number of anilines is 1. The van der Waals surface area contributed by atoms with Gasteiger partial charge in [-0.05, 0) is 31.9 Å². The topological polar surface area (TPSA) is 38.3 Å². The number of benzene rings is 1. The van der Waals surface area contributed by atoms with Crippen LogP contribution in [0, 0.1) is 5.92 Å². The molecular weight excluding hydrogens is 214 g/mol. The average molecular weight is 235 g/mol. The summed E-state index contributed by atoms with van der Waals surface area (Å²) in [5.41, 5.74) is 0.756. The van der Waals surface area contributed by atoms with Crippen molar-refractivity contribution in [3.8, 4) is 5.75 Å². The minimum Gasteiger partial charge on any atom is -0.492 e. The van der Waals surface area contributed by atoms with E-state index in [0.717, 1.165) is 24.3 Å². The van der Waals surface area contributed by atoms with Crippen molar-refractivity contribution >= 4 is 11.6 Å². The standard InChI is InChI=1S/C14H21NO2/c1-4-11(5-2)14(16)15-12-9-7-8-10-13(12)17-6-3/h7-11H,4-6H2,1-3H3,(H,15,16). The molecule has 3 nitrogen and oxygen atoms in total. The van der Waals surface area contributed by atoms with Gasteiger partial charge in [0.25, 0.3) is 0 Å². The van der Waals surface area contributed by atoms with Crippen LogP contribution in [0.5, 0.6) is 5.75 Å². The fraction of sp³-hybridized carbons (Fsp3) is 0.500. The summed E-state index contributed by atoms with van der Waals surface area (Å²) in [6.07, 6.45) is 1.72. The van der Waals surface area contributed by atoms with E-state index in [1.165, 1.54) is 0 Å². The molecule has 0 spiro atoms. The smallest absolute Gasteiger partial charge is 0.227 e. The van der Waals surface area contributed by atoms with Crippen LogP contribution in [0.3, 0.4) is 0 Å². The molecule has 0 saturated heterocycles. The monoisotopic (exact) mass is 235 g/mol. The van der Waals surface area contributed by atoms with Gasteiger partial charge in [0.05, 0.1) is 12.3 Å². The molecule has 0 aliphatic rings. The van der Waals surface area contributed by atoms with Crippen LogP contribution in [-0.2, 0) is 4.79 Å². The highest BCUT2D eigenvalue weighted by Crippen LogP contribution is 2.24. The molecule has 0 aromatic heterocycles. The number of carbonyl (C=O) groups excluding carboxylic acids is 1. The van der Waals surface area contributed by atoms with Gasteiger partial charge in [-0.15, -0.1) is 0 Å². The van der Waals surface area contributed by atoms with Gasteiger partial charge in [0, 0.05) is 5.92 Å². The molecule has 0 aliphatic heterocycles. The first-order valence-corrected chi connectivity index (χ1v) is 6.25. The van der Waals surface area contributed by atoms with Gasteiger partial charge in [0.1, 0.15) is 5.75 Å². The number of ether oxygens (including phenoxy) is 1. The lowest BCUT2D eigenvalue weighted by Gasteiger charge is -2.15. The first-order chi connectivity index (χ1) is 8.22. The molecule has 0 aliphatic carbocycles. The van der Waals surface area contributed by atoms with E-state index >= 15 is 0 Å². The lowest BCUT2D eigenvalue weighted by atomic mass is 10.0. The largest absolute Gasteiger partial charge is 0.492 e. The molecule has 0 fully saturated rings. The number of carbonyl (C=O) groups is 1. The lowest BCUT2D eigenvalue weighted by Crippen LogP contribution is -2.22. The normalized spacial score (nSPS) is 10.4. The van der Waals surface area contributed by atoms with Gasteiger partial charge in [-0.3, -0.25) is 4.79 Å². The summed E-state index contributed by atoms with van der Waals surface area (Å²) in [4.78, 5) is 12.0. The molecule has 17 heavy (non-hydrogen) atoms. The second-order valence-corrected chi connectivity index (χ2v) is 3.93. The maximum absolute atomic E-state index is 12.0. The second kappa shape index (κ2) is 6.94. The maximum atomic E-state index is 12.0. The number of nitrogens with one attached hydrogen (secondary N) is 1. The van der Waals surface area contributed by atoms with E-state index in [1.54, 1.807) is 0 Å². The fourth-order valence-corrected chi connectivity index (χ4v) is 1.75. The third kappa shape index (κ3) is 3.77. The van der Waals surface area contributed by atoms with Gasteiger partial charge in [0.2, 0.25) is 5.91 Å². The summed E-state index contributed by atoms with van der Waals surface area (Å²) in [5, 5.41) is 2.93. The van der Waals surface area contributed by atoms with Crippen LogP contribution in [0.4, 0.5) is 5.69 Å². The van der Waals surface area contributed by atoms with Crippen LogP contribution >= 0.6 is 0 Å². The highest BCUT2D eigenvalue weighted by Gasteiger charge is 2.15. The molecule has 0 radical (unpaired) electrons. The molecule has 1 aromatic carbocycles. The lowest BCUT2D eigenvalue weighted by molar-refractivity contribution is -0.120. The van der Waals surface area contributed by atoms with Gasteiger partial charge in [0.15, 0.2) is 0 Å². The van der Waals surface area contributed by atoms with E-state index in [-0.39, 0.29) is 11.8 Å². The summed E-state index contributed by atoms with van der Waals surface area (Å²) in [6, 6.07) is 7.53. The summed E-state index contributed by atoms with van der Waals surface area (Å²) in [6.45, 7) is 6.59. The summed E-state index contributed by atoms with van der Waals surface area (Å²) in [5.74, 6) is 0.876. The number of rotatable bonds is 6. The van der Waals surface area contributed by atoms with Crippen molar-refractivity contribution in [2.75, 3.05) is 11.9 Å². The predicted octanol–water partition coefficient (Wildman–Crippen LogP) is 3.46. The SMILES string of the molecule is CCOc1ccccc1NC(=O)C(CC)CC. The highest BCUT2D eigenvalue weighted by atomic mass is 16.5. The fourth-order valence-electron chi connectivity index (χ4n) is 1.75.